The van der Waals surface area contributed by atoms with Gasteiger partial charge in [0.05, 0.1) is 11.3 Å². The van der Waals surface area contributed by atoms with Gasteiger partial charge in [0.15, 0.2) is 0 Å². The fourth-order valence-electron chi connectivity index (χ4n) is 3.61. The van der Waals surface area contributed by atoms with Crippen LogP contribution in [0.2, 0.25) is 0 Å². The van der Waals surface area contributed by atoms with Gasteiger partial charge in [-0.25, -0.2) is 4.39 Å². The molecular formula is C26H24FN3O2S. The number of benzene rings is 3. The highest BCUT2D eigenvalue weighted by atomic mass is 32.2. The van der Waals surface area contributed by atoms with Gasteiger partial charge in [0.1, 0.15) is 5.82 Å². The third kappa shape index (κ3) is 5.62. The van der Waals surface area contributed by atoms with Crippen molar-refractivity contribution in [2.45, 2.75) is 18.4 Å². The molecule has 1 aromatic heterocycles. The van der Waals surface area contributed by atoms with Gasteiger partial charge in [-0.15, -0.1) is 11.8 Å². The molecule has 0 aliphatic heterocycles. The molecule has 5 nitrogen and oxygen atoms in total. The molecule has 0 saturated carbocycles. The summed E-state index contributed by atoms with van der Waals surface area (Å²) < 4.78 is 15.8. The quantitative estimate of drug-likeness (QED) is 0.352. The maximum absolute atomic E-state index is 13.8. The Bertz CT molecular complexity index is 1300. The Balaban J connectivity index is 1.39. The van der Waals surface area contributed by atoms with Crippen LogP contribution in [0.5, 0.6) is 0 Å². The number of carbonyl (C=O) groups is 2. The van der Waals surface area contributed by atoms with Gasteiger partial charge >= 0.3 is 0 Å². The lowest BCUT2D eigenvalue weighted by Crippen LogP contribution is -2.27. The fourth-order valence-corrected chi connectivity index (χ4v) is 4.50. The molecule has 0 radical (unpaired) electrons. The van der Waals surface area contributed by atoms with E-state index in [1.165, 1.54) is 23.9 Å². The first kappa shape index (κ1) is 22.6. The molecule has 0 unspecified atom stereocenters. The van der Waals surface area contributed by atoms with Crippen molar-refractivity contribution < 1.29 is 14.0 Å². The second kappa shape index (κ2) is 10.4. The third-order valence-electron chi connectivity index (χ3n) is 5.17. The number of carbonyl (C=O) groups excluding carboxylic acids is 2. The zero-order valence-corrected chi connectivity index (χ0v) is 19.0. The summed E-state index contributed by atoms with van der Waals surface area (Å²) in [5.74, 6) is -0.762. The molecule has 4 rings (SSSR count). The van der Waals surface area contributed by atoms with Crippen LogP contribution in [0.25, 0.3) is 10.9 Å². The molecule has 4 aromatic rings. The number of aryl methyl sites for hydroxylation is 1. The largest absolute Gasteiger partial charge is 0.350 e. The van der Waals surface area contributed by atoms with Gasteiger partial charge in [0.2, 0.25) is 5.91 Å². The summed E-state index contributed by atoms with van der Waals surface area (Å²) in [5.41, 5.74) is 2.92. The van der Waals surface area contributed by atoms with E-state index in [1.807, 2.05) is 66.2 Å². The van der Waals surface area contributed by atoms with Gasteiger partial charge in [-0.05, 0) is 42.8 Å². The lowest BCUT2D eigenvalue weighted by atomic mass is 10.2. The van der Waals surface area contributed by atoms with E-state index in [2.05, 4.69) is 10.6 Å². The SMILES string of the molecule is Cc1cccc(NC(=O)CSc2cn(CCNC(=O)c3ccccc3F)c3ccccc23)c1. The van der Waals surface area contributed by atoms with Crippen LogP contribution < -0.4 is 10.6 Å². The average molecular weight is 462 g/mol. The van der Waals surface area contributed by atoms with Crippen molar-refractivity contribution in [3.8, 4) is 0 Å². The van der Waals surface area contributed by atoms with Crippen LogP contribution in [0.1, 0.15) is 15.9 Å². The number of fused-ring (bicyclic) bond motifs is 1. The van der Waals surface area contributed by atoms with Crippen molar-refractivity contribution in [2.75, 3.05) is 17.6 Å². The molecular weight excluding hydrogens is 437 g/mol. The molecule has 0 aliphatic rings. The van der Waals surface area contributed by atoms with Crippen LogP contribution >= 0.6 is 11.8 Å². The van der Waals surface area contributed by atoms with Crippen LogP contribution in [0.3, 0.4) is 0 Å². The number of anilines is 1. The summed E-state index contributed by atoms with van der Waals surface area (Å²) >= 11 is 1.47. The Morgan fingerprint density at radius 3 is 2.61 bits per heavy atom. The van der Waals surface area contributed by atoms with Crippen molar-refractivity contribution in [2.24, 2.45) is 0 Å². The van der Waals surface area contributed by atoms with Gasteiger partial charge in [-0.1, -0.05) is 42.5 Å². The Morgan fingerprint density at radius 2 is 1.79 bits per heavy atom. The Kier molecular flexibility index (Phi) is 7.10. The first-order valence-electron chi connectivity index (χ1n) is 10.6. The molecule has 3 aromatic carbocycles. The van der Waals surface area contributed by atoms with Gasteiger partial charge in [-0.3, -0.25) is 9.59 Å². The number of hydrogen-bond donors (Lipinski definition) is 2. The van der Waals surface area contributed by atoms with E-state index in [0.717, 1.165) is 27.0 Å². The van der Waals surface area contributed by atoms with Crippen LogP contribution in [0.4, 0.5) is 10.1 Å². The minimum absolute atomic E-state index is 0.0331. The zero-order chi connectivity index (χ0) is 23.2. The predicted molar refractivity (Wildman–Crippen MR) is 131 cm³/mol. The van der Waals surface area contributed by atoms with Gasteiger partial charge in [0, 0.05) is 40.8 Å². The number of rotatable bonds is 8. The molecule has 2 N–H and O–H groups in total. The maximum Gasteiger partial charge on any atom is 0.254 e. The minimum Gasteiger partial charge on any atom is -0.350 e. The van der Waals surface area contributed by atoms with Crippen LogP contribution in [-0.2, 0) is 11.3 Å². The summed E-state index contributed by atoms with van der Waals surface area (Å²) in [6, 6.07) is 21.6. The highest BCUT2D eigenvalue weighted by molar-refractivity contribution is 8.00. The van der Waals surface area contributed by atoms with Gasteiger partial charge in [0.25, 0.3) is 5.91 Å². The van der Waals surface area contributed by atoms with Crippen molar-refractivity contribution in [1.82, 2.24) is 9.88 Å². The number of nitrogens with one attached hydrogen (secondary N) is 2. The van der Waals surface area contributed by atoms with E-state index in [1.54, 1.807) is 12.1 Å². The minimum atomic E-state index is -0.538. The van der Waals surface area contributed by atoms with E-state index in [4.69, 9.17) is 0 Å². The van der Waals surface area contributed by atoms with Crippen molar-refractivity contribution >= 4 is 40.2 Å². The molecule has 168 valence electrons. The third-order valence-corrected chi connectivity index (χ3v) is 6.21. The number of thioether (sulfide) groups is 1. The summed E-state index contributed by atoms with van der Waals surface area (Å²) in [7, 11) is 0. The zero-order valence-electron chi connectivity index (χ0n) is 18.2. The highest BCUT2D eigenvalue weighted by Crippen LogP contribution is 2.30. The standard InChI is InChI=1S/C26H24FN3O2S/c1-18-7-6-8-19(15-18)29-25(31)17-33-24-16-30(23-12-5-3-10-21(23)24)14-13-28-26(32)20-9-2-4-11-22(20)27/h2-12,15-16H,13-14,17H2,1H3,(H,28,32)(H,29,31). The van der Waals surface area contributed by atoms with Crippen molar-refractivity contribution in [3.63, 3.8) is 0 Å². The van der Waals surface area contributed by atoms with Crippen LogP contribution in [0, 0.1) is 12.7 Å². The lowest BCUT2D eigenvalue weighted by Gasteiger charge is -2.08. The van der Waals surface area contributed by atoms with Gasteiger partial charge in [-0.2, -0.15) is 0 Å². The molecule has 33 heavy (non-hydrogen) atoms. The predicted octanol–water partition coefficient (Wildman–Crippen LogP) is 5.25. The van der Waals surface area contributed by atoms with E-state index >= 15 is 0 Å². The van der Waals surface area contributed by atoms with E-state index < -0.39 is 11.7 Å². The number of halogens is 1. The molecule has 7 heteroatoms. The smallest absolute Gasteiger partial charge is 0.254 e. The first-order valence-corrected chi connectivity index (χ1v) is 11.6. The molecule has 0 saturated heterocycles. The molecule has 0 atom stereocenters. The molecule has 1 heterocycles. The normalized spacial score (nSPS) is 10.8. The molecule has 2 amide bonds. The maximum atomic E-state index is 13.8. The van der Waals surface area contributed by atoms with Gasteiger partial charge < -0.3 is 15.2 Å². The Hall–Kier alpha value is -3.58. The van der Waals surface area contributed by atoms with Crippen molar-refractivity contribution in [1.29, 1.82) is 0 Å². The first-order chi connectivity index (χ1) is 16.0. The van der Waals surface area contributed by atoms with Crippen LogP contribution in [0.15, 0.2) is 83.9 Å². The Labute approximate surface area is 196 Å². The van der Waals surface area contributed by atoms with E-state index in [-0.39, 0.29) is 17.2 Å². The van der Waals surface area contributed by atoms with Crippen molar-refractivity contribution in [3.05, 3.63) is 95.9 Å². The summed E-state index contributed by atoms with van der Waals surface area (Å²) in [5, 5.41) is 6.75. The lowest BCUT2D eigenvalue weighted by molar-refractivity contribution is -0.113. The second-order valence-corrected chi connectivity index (χ2v) is 8.66. The van der Waals surface area contributed by atoms with E-state index in [9.17, 15) is 14.0 Å². The van der Waals surface area contributed by atoms with Crippen LogP contribution in [-0.4, -0.2) is 28.7 Å². The molecule has 0 spiro atoms. The summed E-state index contributed by atoms with van der Waals surface area (Å²) in [6.45, 7) is 2.86. The number of aromatic nitrogens is 1. The average Bonchev–Trinajstić information content (AvgIpc) is 3.16. The fraction of sp³-hybridized carbons (Fsp3) is 0.154. The molecule has 0 bridgehead atoms. The highest BCUT2D eigenvalue weighted by Gasteiger charge is 2.13. The second-order valence-electron chi connectivity index (χ2n) is 7.65. The number of hydrogen-bond acceptors (Lipinski definition) is 3. The number of nitrogens with zero attached hydrogens (tertiary/aromatic N) is 1. The van der Waals surface area contributed by atoms with E-state index in [0.29, 0.717) is 13.1 Å². The number of amides is 2. The summed E-state index contributed by atoms with van der Waals surface area (Å²) in [4.78, 5) is 25.7. The summed E-state index contributed by atoms with van der Waals surface area (Å²) in [6.07, 6.45) is 1.99. The monoisotopic (exact) mass is 461 g/mol. The molecule has 0 aliphatic carbocycles. The topological polar surface area (TPSA) is 63.1 Å². The Morgan fingerprint density at radius 1 is 1.00 bits per heavy atom. The molecule has 0 fully saturated rings. The number of para-hydroxylation sites is 1.